The van der Waals surface area contributed by atoms with Crippen LogP contribution in [-0.4, -0.2) is 67.5 Å². The van der Waals surface area contributed by atoms with Crippen LogP contribution in [0.3, 0.4) is 0 Å². The maximum absolute atomic E-state index is 14.5. The monoisotopic (exact) mass is 482 g/mol. The highest BCUT2D eigenvalue weighted by atomic mass is 19.1. The van der Waals surface area contributed by atoms with Gasteiger partial charge in [-0.3, -0.25) is 15.2 Å². The van der Waals surface area contributed by atoms with Gasteiger partial charge in [0.1, 0.15) is 23.9 Å². The minimum Gasteiger partial charge on any atom is -0.492 e. The molecule has 36 heavy (non-hydrogen) atoms. The molecule has 9 nitrogen and oxygen atoms in total. The van der Waals surface area contributed by atoms with Crippen LogP contribution in [0.25, 0.3) is 55.8 Å². The fourth-order valence-electron chi connectivity index (χ4n) is 4.17. The second-order valence-corrected chi connectivity index (χ2v) is 8.79. The fourth-order valence-corrected chi connectivity index (χ4v) is 4.17. The molecule has 6 rings (SSSR count). The smallest absolute Gasteiger partial charge is 0.159 e. The predicted octanol–water partition coefficient (Wildman–Crippen LogP) is 4.64. The average Bonchev–Trinajstić information content (AvgIpc) is 3.62. The first-order chi connectivity index (χ1) is 17.5. The van der Waals surface area contributed by atoms with Crippen LogP contribution in [0.15, 0.2) is 61.1 Å². The maximum atomic E-state index is 14.5. The zero-order valence-corrected chi connectivity index (χ0v) is 19.7. The quantitative estimate of drug-likeness (QED) is 0.306. The lowest BCUT2D eigenvalue weighted by Crippen LogP contribution is -2.19. The van der Waals surface area contributed by atoms with Crippen molar-refractivity contribution in [2.45, 2.75) is 0 Å². The number of hydrogen-bond acceptors (Lipinski definition) is 6. The molecule has 0 unspecified atom stereocenters. The van der Waals surface area contributed by atoms with E-state index < -0.39 is 0 Å². The lowest BCUT2D eigenvalue weighted by Gasteiger charge is -2.12. The van der Waals surface area contributed by atoms with E-state index in [9.17, 15) is 4.39 Å². The standard InChI is InChI=1S/C26H23FN8O/c1-35(2)6-7-36-18-9-15(8-17(27)10-18)19-4-3-5-21-24(19)32-26(31-21)25-20-11-22(16-12-29-30-13-16)28-14-23(20)33-34-25/h3-5,8-14H,6-7H2,1-2H3,(H,29,30)(H,31,32)(H,33,34). The molecule has 6 aromatic rings. The van der Waals surface area contributed by atoms with E-state index in [0.717, 1.165) is 45.3 Å². The molecule has 0 bridgehead atoms. The van der Waals surface area contributed by atoms with Crippen molar-refractivity contribution in [2.24, 2.45) is 0 Å². The minimum atomic E-state index is -0.363. The van der Waals surface area contributed by atoms with Crippen molar-refractivity contribution in [1.82, 2.24) is 40.2 Å². The molecule has 0 atom stereocenters. The summed E-state index contributed by atoms with van der Waals surface area (Å²) in [5, 5.41) is 15.2. The number of nitrogens with one attached hydrogen (secondary N) is 3. The Kier molecular flexibility index (Phi) is 5.42. The number of H-pyrrole nitrogens is 3. The third kappa shape index (κ3) is 4.07. The molecule has 0 radical (unpaired) electrons. The molecule has 0 aliphatic rings. The highest BCUT2D eigenvalue weighted by Crippen LogP contribution is 2.34. The van der Waals surface area contributed by atoms with Crippen LogP contribution in [0, 0.1) is 5.82 Å². The number of pyridine rings is 1. The van der Waals surface area contributed by atoms with Crippen molar-refractivity contribution in [3.8, 4) is 39.7 Å². The summed E-state index contributed by atoms with van der Waals surface area (Å²) >= 11 is 0. The van der Waals surface area contributed by atoms with Crippen LogP contribution in [0.2, 0.25) is 0 Å². The molecule has 10 heteroatoms. The van der Waals surface area contributed by atoms with Crippen LogP contribution in [-0.2, 0) is 0 Å². The number of halogens is 1. The maximum Gasteiger partial charge on any atom is 0.159 e. The van der Waals surface area contributed by atoms with Crippen LogP contribution < -0.4 is 4.74 Å². The van der Waals surface area contributed by atoms with Crippen molar-refractivity contribution < 1.29 is 9.13 Å². The van der Waals surface area contributed by atoms with Crippen molar-refractivity contribution in [1.29, 1.82) is 0 Å². The number of imidazole rings is 1. The highest BCUT2D eigenvalue weighted by molar-refractivity contribution is 5.97. The van der Waals surface area contributed by atoms with Crippen molar-refractivity contribution >= 4 is 21.9 Å². The molecule has 0 aliphatic carbocycles. The van der Waals surface area contributed by atoms with E-state index in [4.69, 9.17) is 9.72 Å². The molecule has 4 aromatic heterocycles. The molecule has 0 saturated carbocycles. The molecule has 0 aliphatic heterocycles. The number of ether oxygens (including phenoxy) is 1. The van der Waals surface area contributed by atoms with E-state index in [2.05, 4.69) is 30.4 Å². The van der Waals surface area contributed by atoms with Crippen LogP contribution in [0.4, 0.5) is 4.39 Å². The number of benzene rings is 2. The first-order valence-electron chi connectivity index (χ1n) is 11.5. The number of fused-ring (bicyclic) bond motifs is 2. The zero-order chi connectivity index (χ0) is 24.6. The van der Waals surface area contributed by atoms with E-state index >= 15 is 0 Å². The Labute approximate surface area is 205 Å². The van der Waals surface area contributed by atoms with Gasteiger partial charge in [-0.15, -0.1) is 0 Å². The number of aromatic amines is 3. The van der Waals surface area contributed by atoms with E-state index in [1.807, 2.05) is 49.3 Å². The zero-order valence-electron chi connectivity index (χ0n) is 19.7. The second-order valence-electron chi connectivity index (χ2n) is 8.79. The summed E-state index contributed by atoms with van der Waals surface area (Å²) in [5.41, 5.74) is 6.15. The Morgan fingerprint density at radius 2 is 1.94 bits per heavy atom. The fraction of sp³-hybridized carbons (Fsp3) is 0.154. The summed E-state index contributed by atoms with van der Waals surface area (Å²) in [6.07, 6.45) is 5.25. The number of aromatic nitrogens is 7. The molecular formula is C26H23FN8O. The van der Waals surface area contributed by atoms with Crippen LogP contribution in [0.5, 0.6) is 5.75 Å². The molecule has 0 fully saturated rings. The van der Waals surface area contributed by atoms with Gasteiger partial charge in [0.05, 0.1) is 34.6 Å². The molecule has 3 N–H and O–H groups in total. The second kappa shape index (κ2) is 8.90. The third-order valence-corrected chi connectivity index (χ3v) is 5.97. The molecular weight excluding hydrogens is 459 g/mol. The summed E-state index contributed by atoms with van der Waals surface area (Å²) < 4.78 is 20.3. The number of para-hydroxylation sites is 1. The molecule has 0 saturated heterocycles. The predicted molar refractivity (Wildman–Crippen MR) is 136 cm³/mol. The Balaban J connectivity index is 1.41. The van der Waals surface area contributed by atoms with Gasteiger partial charge in [0, 0.05) is 35.3 Å². The first-order valence-corrected chi connectivity index (χ1v) is 11.5. The van der Waals surface area contributed by atoms with Gasteiger partial charge in [-0.25, -0.2) is 9.37 Å². The van der Waals surface area contributed by atoms with Gasteiger partial charge in [-0.1, -0.05) is 12.1 Å². The molecule has 0 spiro atoms. The number of rotatable bonds is 7. The molecule has 0 amide bonds. The van der Waals surface area contributed by atoms with Crippen molar-refractivity contribution in [2.75, 3.05) is 27.2 Å². The molecule has 2 aromatic carbocycles. The van der Waals surface area contributed by atoms with Crippen LogP contribution in [0.1, 0.15) is 0 Å². The number of likely N-dealkylation sites (N-methyl/N-ethyl adjacent to an activating group) is 1. The van der Waals surface area contributed by atoms with E-state index in [1.165, 1.54) is 12.1 Å². The molecule has 180 valence electrons. The lowest BCUT2D eigenvalue weighted by molar-refractivity contribution is 0.260. The van der Waals surface area contributed by atoms with Gasteiger partial charge in [-0.05, 0) is 43.9 Å². The van der Waals surface area contributed by atoms with Gasteiger partial charge in [-0.2, -0.15) is 10.2 Å². The number of nitrogens with zero attached hydrogens (tertiary/aromatic N) is 5. The van der Waals surface area contributed by atoms with Gasteiger partial charge < -0.3 is 14.6 Å². The summed E-state index contributed by atoms with van der Waals surface area (Å²) in [5.74, 6) is 0.724. The van der Waals surface area contributed by atoms with Crippen molar-refractivity contribution in [3.63, 3.8) is 0 Å². The third-order valence-electron chi connectivity index (χ3n) is 5.97. The Hall–Kier alpha value is -4.57. The van der Waals surface area contributed by atoms with Crippen molar-refractivity contribution in [3.05, 3.63) is 66.9 Å². The SMILES string of the molecule is CN(C)CCOc1cc(F)cc(-c2cccc3[nH]c(-c4n[nH]c5cnc(-c6cn[nH]c6)cc45)nc23)c1. The van der Waals surface area contributed by atoms with E-state index in [-0.39, 0.29) is 5.82 Å². The Bertz CT molecular complexity index is 1670. The summed E-state index contributed by atoms with van der Waals surface area (Å²) in [4.78, 5) is 14.7. The van der Waals surface area contributed by atoms with E-state index in [1.54, 1.807) is 18.6 Å². The number of hydrogen-bond donors (Lipinski definition) is 3. The lowest BCUT2D eigenvalue weighted by atomic mass is 10.0. The normalized spacial score (nSPS) is 11.7. The Morgan fingerprint density at radius 3 is 2.78 bits per heavy atom. The molecule has 4 heterocycles. The van der Waals surface area contributed by atoms with E-state index in [0.29, 0.717) is 29.4 Å². The summed E-state index contributed by atoms with van der Waals surface area (Å²) in [6, 6.07) is 12.5. The minimum absolute atomic E-state index is 0.363. The Morgan fingerprint density at radius 1 is 1.03 bits per heavy atom. The van der Waals surface area contributed by atoms with Gasteiger partial charge in [0.15, 0.2) is 5.82 Å². The van der Waals surface area contributed by atoms with Gasteiger partial charge in [0.2, 0.25) is 0 Å². The largest absolute Gasteiger partial charge is 0.492 e. The first kappa shape index (κ1) is 21.9. The summed E-state index contributed by atoms with van der Waals surface area (Å²) in [7, 11) is 3.93. The van der Waals surface area contributed by atoms with Gasteiger partial charge >= 0.3 is 0 Å². The van der Waals surface area contributed by atoms with Gasteiger partial charge in [0.25, 0.3) is 0 Å². The highest BCUT2D eigenvalue weighted by Gasteiger charge is 2.17. The van der Waals surface area contributed by atoms with Crippen LogP contribution >= 0.6 is 0 Å². The topological polar surface area (TPSA) is 111 Å². The average molecular weight is 483 g/mol. The summed E-state index contributed by atoms with van der Waals surface area (Å²) in [6.45, 7) is 1.20.